The SMILES string of the molecule is CNc1nc(-c2cccnc2)nc2cc(-c3cccc(O)c3)ccc12. The summed E-state index contributed by atoms with van der Waals surface area (Å²) in [6, 6.07) is 17.0. The summed E-state index contributed by atoms with van der Waals surface area (Å²) >= 11 is 0. The lowest BCUT2D eigenvalue weighted by molar-refractivity contribution is 0.475. The molecule has 0 spiro atoms. The maximum atomic E-state index is 9.72. The van der Waals surface area contributed by atoms with E-state index in [0.717, 1.165) is 33.4 Å². The smallest absolute Gasteiger partial charge is 0.163 e. The summed E-state index contributed by atoms with van der Waals surface area (Å²) in [6.45, 7) is 0. The number of pyridine rings is 1. The number of fused-ring (bicyclic) bond motifs is 1. The van der Waals surface area contributed by atoms with Crippen LogP contribution in [0.1, 0.15) is 0 Å². The first kappa shape index (κ1) is 15.1. The third-order valence-corrected chi connectivity index (χ3v) is 4.03. The van der Waals surface area contributed by atoms with Crippen LogP contribution in [0.4, 0.5) is 5.82 Å². The monoisotopic (exact) mass is 328 g/mol. The molecule has 0 atom stereocenters. The second-order valence-corrected chi connectivity index (χ2v) is 5.67. The van der Waals surface area contributed by atoms with Crippen molar-refractivity contribution in [1.29, 1.82) is 0 Å². The molecule has 0 saturated heterocycles. The molecule has 0 bridgehead atoms. The quantitative estimate of drug-likeness (QED) is 0.592. The molecule has 4 rings (SSSR count). The minimum absolute atomic E-state index is 0.243. The number of aromatic hydroxyl groups is 1. The third kappa shape index (κ3) is 2.87. The highest BCUT2D eigenvalue weighted by atomic mass is 16.3. The molecule has 0 saturated carbocycles. The van der Waals surface area contributed by atoms with Gasteiger partial charge in [0, 0.05) is 30.4 Å². The van der Waals surface area contributed by atoms with Gasteiger partial charge in [-0.2, -0.15) is 0 Å². The zero-order valence-electron chi connectivity index (χ0n) is 13.6. The lowest BCUT2D eigenvalue weighted by atomic mass is 10.0. The van der Waals surface area contributed by atoms with Gasteiger partial charge in [-0.1, -0.05) is 18.2 Å². The van der Waals surface area contributed by atoms with Gasteiger partial charge in [0.05, 0.1) is 5.52 Å². The average Bonchev–Trinajstić information content (AvgIpc) is 2.67. The van der Waals surface area contributed by atoms with E-state index in [4.69, 9.17) is 4.98 Å². The van der Waals surface area contributed by atoms with Crippen LogP contribution in [-0.4, -0.2) is 27.1 Å². The lowest BCUT2D eigenvalue weighted by Gasteiger charge is -2.10. The van der Waals surface area contributed by atoms with Crippen LogP contribution >= 0.6 is 0 Å². The first-order valence-electron chi connectivity index (χ1n) is 7.94. The fraction of sp³-hybridized carbons (Fsp3) is 0.0500. The minimum atomic E-state index is 0.243. The Labute approximate surface area is 145 Å². The van der Waals surface area contributed by atoms with Crippen LogP contribution in [0.2, 0.25) is 0 Å². The lowest BCUT2D eigenvalue weighted by Crippen LogP contribution is -1.99. The van der Waals surface area contributed by atoms with Gasteiger partial charge in [-0.15, -0.1) is 0 Å². The van der Waals surface area contributed by atoms with Crippen LogP contribution in [-0.2, 0) is 0 Å². The predicted octanol–water partition coefficient (Wildman–Crippen LogP) is 4.11. The van der Waals surface area contributed by atoms with E-state index in [9.17, 15) is 5.11 Å². The van der Waals surface area contributed by atoms with E-state index in [1.54, 1.807) is 24.5 Å². The molecule has 5 heteroatoms. The van der Waals surface area contributed by atoms with Crippen molar-refractivity contribution in [3.63, 3.8) is 0 Å². The van der Waals surface area contributed by atoms with E-state index in [1.165, 1.54) is 0 Å². The molecule has 0 fully saturated rings. The molecule has 0 aliphatic rings. The number of anilines is 1. The van der Waals surface area contributed by atoms with E-state index < -0.39 is 0 Å². The molecule has 122 valence electrons. The standard InChI is InChI=1S/C20H16N4O/c1-21-20-17-8-7-14(13-4-2-6-16(25)10-13)11-18(17)23-19(24-20)15-5-3-9-22-12-15/h2-12,25H,1H3,(H,21,23,24). The summed E-state index contributed by atoms with van der Waals surface area (Å²) in [5, 5.41) is 13.8. The predicted molar refractivity (Wildman–Crippen MR) is 99.4 cm³/mol. The van der Waals surface area contributed by atoms with E-state index >= 15 is 0 Å². The Hall–Kier alpha value is -3.47. The highest BCUT2D eigenvalue weighted by molar-refractivity contribution is 5.93. The Kier molecular flexibility index (Phi) is 3.74. The largest absolute Gasteiger partial charge is 0.508 e. The van der Waals surface area contributed by atoms with Gasteiger partial charge in [-0.25, -0.2) is 9.97 Å². The minimum Gasteiger partial charge on any atom is -0.508 e. The fourth-order valence-corrected chi connectivity index (χ4v) is 2.81. The number of nitrogens with one attached hydrogen (secondary N) is 1. The highest BCUT2D eigenvalue weighted by Crippen LogP contribution is 2.30. The highest BCUT2D eigenvalue weighted by Gasteiger charge is 2.10. The molecular weight excluding hydrogens is 312 g/mol. The first-order chi connectivity index (χ1) is 12.2. The van der Waals surface area contributed by atoms with E-state index in [1.807, 2.05) is 49.5 Å². The van der Waals surface area contributed by atoms with Crippen LogP contribution < -0.4 is 5.32 Å². The molecular formula is C20H16N4O. The normalized spacial score (nSPS) is 10.8. The molecule has 2 aromatic heterocycles. The Morgan fingerprint density at radius 3 is 2.48 bits per heavy atom. The summed E-state index contributed by atoms with van der Waals surface area (Å²) in [4.78, 5) is 13.5. The summed E-state index contributed by atoms with van der Waals surface area (Å²) in [5.74, 6) is 1.64. The molecule has 4 aromatic rings. The third-order valence-electron chi connectivity index (χ3n) is 4.03. The van der Waals surface area contributed by atoms with Gasteiger partial charge < -0.3 is 10.4 Å². The number of nitrogens with zero attached hydrogens (tertiary/aromatic N) is 3. The van der Waals surface area contributed by atoms with Gasteiger partial charge in [0.2, 0.25) is 0 Å². The van der Waals surface area contributed by atoms with Crippen molar-refractivity contribution in [1.82, 2.24) is 15.0 Å². The first-order valence-corrected chi connectivity index (χ1v) is 7.94. The summed E-state index contributed by atoms with van der Waals surface area (Å²) < 4.78 is 0. The van der Waals surface area contributed by atoms with Gasteiger partial charge in [-0.3, -0.25) is 4.98 Å². The number of aromatic nitrogens is 3. The summed E-state index contributed by atoms with van der Waals surface area (Å²) in [6.07, 6.45) is 3.48. The fourth-order valence-electron chi connectivity index (χ4n) is 2.81. The van der Waals surface area contributed by atoms with E-state index in [2.05, 4.69) is 15.3 Å². The maximum absolute atomic E-state index is 9.72. The maximum Gasteiger partial charge on any atom is 0.163 e. The molecule has 5 nitrogen and oxygen atoms in total. The molecule has 0 aliphatic carbocycles. The molecule has 0 amide bonds. The molecule has 2 N–H and O–H groups in total. The van der Waals surface area contributed by atoms with Crippen molar-refractivity contribution in [2.75, 3.05) is 12.4 Å². The number of hydrogen-bond donors (Lipinski definition) is 2. The number of hydrogen-bond acceptors (Lipinski definition) is 5. The van der Waals surface area contributed by atoms with Crippen LogP contribution in [0.5, 0.6) is 5.75 Å². The van der Waals surface area contributed by atoms with Crippen molar-refractivity contribution in [2.24, 2.45) is 0 Å². The van der Waals surface area contributed by atoms with Gasteiger partial charge >= 0.3 is 0 Å². The second-order valence-electron chi connectivity index (χ2n) is 5.67. The van der Waals surface area contributed by atoms with Crippen molar-refractivity contribution in [2.45, 2.75) is 0 Å². The number of rotatable bonds is 3. The molecule has 2 aromatic carbocycles. The molecule has 0 radical (unpaired) electrons. The van der Waals surface area contributed by atoms with Gasteiger partial charge in [0.15, 0.2) is 5.82 Å². The van der Waals surface area contributed by atoms with Crippen LogP contribution in [0.15, 0.2) is 67.0 Å². The van der Waals surface area contributed by atoms with Gasteiger partial charge in [0.25, 0.3) is 0 Å². The van der Waals surface area contributed by atoms with Crippen LogP contribution in [0.25, 0.3) is 33.4 Å². The zero-order chi connectivity index (χ0) is 17.2. The van der Waals surface area contributed by atoms with Gasteiger partial charge in [-0.05, 0) is 47.5 Å². The number of phenols is 1. The van der Waals surface area contributed by atoms with Crippen molar-refractivity contribution in [3.8, 4) is 28.3 Å². The number of benzene rings is 2. The summed E-state index contributed by atoms with van der Waals surface area (Å²) in [5.41, 5.74) is 3.62. The molecule has 0 unspecified atom stereocenters. The number of phenolic OH excluding ortho intramolecular Hbond substituents is 1. The van der Waals surface area contributed by atoms with Crippen molar-refractivity contribution < 1.29 is 5.11 Å². The van der Waals surface area contributed by atoms with Crippen LogP contribution in [0, 0.1) is 0 Å². The zero-order valence-corrected chi connectivity index (χ0v) is 13.6. The molecule has 25 heavy (non-hydrogen) atoms. The Morgan fingerprint density at radius 2 is 1.72 bits per heavy atom. The van der Waals surface area contributed by atoms with Crippen molar-refractivity contribution >= 4 is 16.7 Å². The van der Waals surface area contributed by atoms with Gasteiger partial charge in [0.1, 0.15) is 11.6 Å². The van der Waals surface area contributed by atoms with Crippen molar-refractivity contribution in [3.05, 3.63) is 67.0 Å². The Balaban J connectivity index is 1.91. The molecule has 0 aliphatic heterocycles. The average molecular weight is 328 g/mol. The van der Waals surface area contributed by atoms with Crippen LogP contribution in [0.3, 0.4) is 0 Å². The second kappa shape index (κ2) is 6.20. The Morgan fingerprint density at radius 1 is 0.880 bits per heavy atom. The molecule has 2 heterocycles. The Bertz CT molecular complexity index is 1050. The topological polar surface area (TPSA) is 70.9 Å². The summed E-state index contributed by atoms with van der Waals surface area (Å²) in [7, 11) is 1.85. The van der Waals surface area contributed by atoms with E-state index in [-0.39, 0.29) is 5.75 Å². The van der Waals surface area contributed by atoms with E-state index in [0.29, 0.717) is 5.82 Å².